The van der Waals surface area contributed by atoms with Gasteiger partial charge >= 0.3 is 5.69 Å². The average molecular weight is 316 g/mol. The van der Waals surface area contributed by atoms with Gasteiger partial charge in [0.05, 0.1) is 5.69 Å². The number of benzene rings is 1. The quantitative estimate of drug-likeness (QED) is 0.822. The van der Waals surface area contributed by atoms with Gasteiger partial charge in [0, 0.05) is 17.3 Å². The van der Waals surface area contributed by atoms with Crippen LogP contribution in [0, 0.1) is 4.64 Å². The Morgan fingerprint density at radius 1 is 1.09 bits per heavy atom. The molecule has 0 saturated carbocycles. The third-order valence-corrected chi connectivity index (χ3v) is 4.54. The van der Waals surface area contributed by atoms with Crippen LogP contribution in [0.15, 0.2) is 23.0 Å². The minimum atomic E-state index is -0.192. The topological polar surface area (TPSA) is 56.2 Å². The molecule has 0 fully saturated rings. The van der Waals surface area contributed by atoms with Gasteiger partial charge < -0.3 is 9.47 Å². The first-order valence-corrected chi connectivity index (χ1v) is 7.92. The minimum absolute atomic E-state index is 0.192. The number of hydrogen-bond acceptors (Lipinski definition) is 4. The van der Waals surface area contributed by atoms with E-state index in [1.807, 2.05) is 18.2 Å². The molecule has 6 heteroatoms. The largest absolute Gasteiger partial charge is 0.486 e. The van der Waals surface area contributed by atoms with E-state index in [-0.39, 0.29) is 5.69 Å². The third-order valence-electron chi connectivity index (χ3n) is 4.19. The van der Waals surface area contributed by atoms with Gasteiger partial charge in [0.1, 0.15) is 17.9 Å². The molecule has 0 bridgehead atoms. The van der Waals surface area contributed by atoms with Crippen LogP contribution < -0.4 is 15.2 Å². The summed E-state index contributed by atoms with van der Waals surface area (Å²) < 4.78 is 13.5. The first kappa shape index (κ1) is 13.6. The Kier molecular flexibility index (Phi) is 3.26. The van der Waals surface area contributed by atoms with E-state index in [1.54, 1.807) is 4.57 Å². The Hall–Kier alpha value is -2.08. The van der Waals surface area contributed by atoms with E-state index in [4.69, 9.17) is 21.7 Å². The fourth-order valence-corrected chi connectivity index (χ4v) is 3.48. The summed E-state index contributed by atoms with van der Waals surface area (Å²) in [5, 5.41) is 0. The normalized spacial score (nSPS) is 16.2. The average Bonchev–Trinajstić information content (AvgIpc) is 2.55. The molecular weight excluding hydrogens is 300 g/mol. The van der Waals surface area contributed by atoms with Crippen molar-refractivity contribution < 1.29 is 9.47 Å². The molecule has 4 rings (SSSR count). The van der Waals surface area contributed by atoms with E-state index < -0.39 is 0 Å². The zero-order chi connectivity index (χ0) is 15.1. The molecule has 0 amide bonds. The van der Waals surface area contributed by atoms with Crippen molar-refractivity contribution in [2.75, 3.05) is 13.2 Å². The predicted octanol–water partition coefficient (Wildman–Crippen LogP) is 2.55. The summed E-state index contributed by atoms with van der Waals surface area (Å²) in [6, 6.07) is 5.61. The van der Waals surface area contributed by atoms with Gasteiger partial charge in [-0.05, 0) is 37.8 Å². The molecule has 2 aliphatic rings. The van der Waals surface area contributed by atoms with Crippen molar-refractivity contribution in [1.29, 1.82) is 0 Å². The maximum Gasteiger partial charge on any atom is 0.331 e. The van der Waals surface area contributed by atoms with Crippen LogP contribution in [0.25, 0.3) is 5.69 Å². The number of fused-ring (bicyclic) bond motifs is 2. The molecule has 0 saturated heterocycles. The maximum atomic E-state index is 12.4. The van der Waals surface area contributed by atoms with Gasteiger partial charge in [-0.15, -0.1) is 0 Å². The number of aromatic nitrogens is 2. The summed E-state index contributed by atoms with van der Waals surface area (Å²) in [4.78, 5) is 15.2. The van der Waals surface area contributed by atoms with Crippen molar-refractivity contribution in [2.45, 2.75) is 25.7 Å². The van der Waals surface area contributed by atoms with E-state index >= 15 is 0 Å². The maximum absolute atomic E-state index is 12.4. The fraction of sp³-hybridized carbons (Fsp3) is 0.375. The first-order chi connectivity index (χ1) is 10.7. The van der Waals surface area contributed by atoms with Crippen LogP contribution >= 0.6 is 12.2 Å². The summed E-state index contributed by atoms with van der Waals surface area (Å²) >= 11 is 5.32. The first-order valence-electron chi connectivity index (χ1n) is 7.51. The van der Waals surface area contributed by atoms with Crippen molar-refractivity contribution in [3.8, 4) is 17.2 Å². The number of hydrogen-bond donors (Lipinski definition) is 1. The number of H-pyrrole nitrogens is 1. The van der Waals surface area contributed by atoms with E-state index in [0.29, 0.717) is 23.6 Å². The number of rotatable bonds is 1. The highest BCUT2D eigenvalue weighted by Gasteiger charge is 2.19. The van der Waals surface area contributed by atoms with Crippen LogP contribution in [-0.4, -0.2) is 22.8 Å². The van der Waals surface area contributed by atoms with Crippen molar-refractivity contribution in [2.24, 2.45) is 0 Å². The number of nitrogens with zero attached hydrogens (tertiary/aromatic N) is 1. The minimum Gasteiger partial charge on any atom is -0.486 e. The zero-order valence-electron chi connectivity index (χ0n) is 12.1. The monoisotopic (exact) mass is 316 g/mol. The Bertz CT molecular complexity index is 853. The van der Waals surface area contributed by atoms with Gasteiger partial charge in [0.25, 0.3) is 0 Å². The van der Waals surface area contributed by atoms with Crippen LogP contribution in [-0.2, 0) is 12.8 Å². The lowest BCUT2D eigenvalue weighted by molar-refractivity contribution is 0.171. The van der Waals surface area contributed by atoms with E-state index in [0.717, 1.165) is 48.4 Å². The molecule has 1 aliphatic carbocycles. The molecule has 5 nitrogen and oxygen atoms in total. The highest BCUT2D eigenvalue weighted by Crippen LogP contribution is 2.32. The van der Waals surface area contributed by atoms with Gasteiger partial charge in [-0.1, -0.05) is 12.2 Å². The highest BCUT2D eigenvalue weighted by atomic mass is 32.1. The fourth-order valence-electron chi connectivity index (χ4n) is 3.18. The molecule has 1 aromatic heterocycles. The second-order valence-corrected chi connectivity index (χ2v) is 5.96. The Labute approximate surface area is 132 Å². The molecule has 22 heavy (non-hydrogen) atoms. The van der Waals surface area contributed by atoms with Gasteiger partial charge in [0.2, 0.25) is 0 Å². The summed E-state index contributed by atoms with van der Waals surface area (Å²) in [5.74, 6) is 1.41. The lowest BCUT2D eigenvalue weighted by atomic mass is 9.97. The molecule has 0 unspecified atom stereocenters. The summed E-state index contributed by atoms with van der Waals surface area (Å²) in [5.41, 5.74) is 2.72. The molecule has 1 aromatic carbocycles. The van der Waals surface area contributed by atoms with Crippen molar-refractivity contribution in [3.63, 3.8) is 0 Å². The Morgan fingerprint density at radius 3 is 2.73 bits per heavy atom. The lowest BCUT2D eigenvalue weighted by Gasteiger charge is -2.23. The number of ether oxygens (including phenoxy) is 2. The van der Waals surface area contributed by atoms with Crippen LogP contribution in [0.2, 0.25) is 0 Å². The van der Waals surface area contributed by atoms with Crippen LogP contribution in [0.5, 0.6) is 11.5 Å². The molecule has 114 valence electrons. The Balaban J connectivity index is 1.93. The van der Waals surface area contributed by atoms with Gasteiger partial charge in [-0.2, -0.15) is 0 Å². The van der Waals surface area contributed by atoms with Crippen molar-refractivity contribution >= 4 is 12.2 Å². The highest BCUT2D eigenvalue weighted by molar-refractivity contribution is 7.71. The van der Waals surface area contributed by atoms with E-state index in [1.165, 1.54) is 0 Å². The Morgan fingerprint density at radius 2 is 1.86 bits per heavy atom. The zero-order valence-corrected chi connectivity index (χ0v) is 12.9. The van der Waals surface area contributed by atoms with Gasteiger partial charge in [0.15, 0.2) is 11.5 Å². The molecule has 0 atom stereocenters. The SMILES string of the molecule is O=c1[nH]c(=S)c2c(n1-c1ccc3c(c1)OCCO3)CCCC2. The van der Waals surface area contributed by atoms with Crippen molar-refractivity contribution in [3.05, 3.63) is 44.6 Å². The van der Waals surface area contributed by atoms with Crippen LogP contribution in [0.3, 0.4) is 0 Å². The third kappa shape index (κ3) is 2.14. The molecule has 0 spiro atoms. The van der Waals surface area contributed by atoms with Crippen LogP contribution in [0.1, 0.15) is 24.1 Å². The molecule has 2 heterocycles. The summed E-state index contributed by atoms with van der Waals surface area (Å²) in [6.07, 6.45) is 3.99. The second kappa shape index (κ2) is 5.28. The molecule has 1 N–H and O–H groups in total. The molecule has 1 aliphatic heterocycles. The van der Waals surface area contributed by atoms with Crippen LogP contribution in [0.4, 0.5) is 0 Å². The second-order valence-electron chi connectivity index (χ2n) is 5.56. The standard InChI is InChI=1S/C16H16N2O3S/c19-16-17-15(22)11-3-1-2-4-12(11)18(16)10-5-6-13-14(9-10)21-8-7-20-13/h5-6,9H,1-4,7-8H2,(H,17,19,22). The smallest absolute Gasteiger partial charge is 0.331 e. The predicted molar refractivity (Wildman–Crippen MR) is 84.9 cm³/mol. The lowest BCUT2D eigenvalue weighted by Crippen LogP contribution is -2.28. The number of nitrogens with one attached hydrogen (secondary N) is 1. The summed E-state index contributed by atoms with van der Waals surface area (Å²) in [7, 11) is 0. The summed E-state index contributed by atoms with van der Waals surface area (Å²) in [6.45, 7) is 1.08. The van der Waals surface area contributed by atoms with Gasteiger partial charge in [-0.25, -0.2) is 4.79 Å². The van der Waals surface area contributed by atoms with E-state index in [9.17, 15) is 4.79 Å². The van der Waals surface area contributed by atoms with Crippen molar-refractivity contribution in [1.82, 2.24) is 9.55 Å². The molecular formula is C16H16N2O3S. The van der Waals surface area contributed by atoms with Gasteiger partial charge in [-0.3, -0.25) is 9.55 Å². The van der Waals surface area contributed by atoms with E-state index in [2.05, 4.69) is 4.98 Å². The molecule has 0 radical (unpaired) electrons. The number of aromatic amines is 1. The molecule has 2 aromatic rings.